The van der Waals surface area contributed by atoms with Crippen molar-refractivity contribution in [3.8, 4) is 17.0 Å². The van der Waals surface area contributed by atoms with E-state index in [1.54, 1.807) is 6.20 Å². The summed E-state index contributed by atoms with van der Waals surface area (Å²) in [6.45, 7) is 5.20. The van der Waals surface area contributed by atoms with Gasteiger partial charge in [-0.1, -0.05) is 18.2 Å². The molecular formula is C22H24N4O2. The third kappa shape index (κ3) is 3.91. The number of para-hydroxylation sites is 1. The lowest BCUT2D eigenvalue weighted by atomic mass is 10.1. The van der Waals surface area contributed by atoms with Crippen LogP contribution in [0.4, 0.5) is 0 Å². The monoisotopic (exact) mass is 376 g/mol. The third-order valence-corrected chi connectivity index (χ3v) is 4.82. The number of benzene rings is 1. The minimum atomic E-state index is 0.0585. The fraction of sp³-hybridized carbons (Fsp3) is 0.318. The van der Waals surface area contributed by atoms with Crippen LogP contribution in [0.1, 0.15) is 37.7 Å². The molecule has 0 spiro atoms. The Morgan fingerprint density at radius 1 is 1.18 bits per heavy atom. The van der Waals surface area contributed by atoms with Crippen LogP contribution in [0.25, 0.3) is 11.3 Å². The second-order valence-corrected chi connectivity index (χ2v) is 7.34. The molecular weight excluding hydrogens is 352 g/mol. The summed E-state index contributed by atoms with van der Waals surface area (Å²) < 4.78 is 5.92. The molecule has 4 rings (SSSR count). The van der Waals surface area contributed by atoms with E-state index in [0.717, 1.165) is 28.5 Å². The van der Waals surface area contributed by atoms with Gasteiger partial charge < -0.3 is 14.6 Å². The second kappa shape index (κ2) is 7.84. The number of amides is 1. The van der Waals surface area contributed by atoms with E-state index in [9.17, 15) is 4.79 Å². The molecule has 1 fully saturated rings. The lowest BCUT2D eigenvalue weighted by Crippen LogP contribution is -2.24. The first kappa shape index (κ1) is 18.2. The highest BCUT2D eigenvalue weighted by atomic mass is 16.5. The maximum Gasteiger partial charge on any atom is 0.223 e. The van der Waals surface area contributed by atoms with E-state index < -0.39 is 0 Å². The molecule has 144 valence electrons. The number of carbonyl (C=O) groups excluding carboxylic acids is 1. The number of ether oxygens (including phenoxy) is 1. The number of rotatable bonds is 6. The van der Waals surface area contributed by atoms with Gasteiger partial charge in [0.15, 0.2) is 0 Å². The molecule has 1 amide bonds. The zero-order valence-electron chi connectivity index (χ0n) is 16.1. The van der Waals surface area contributed by atoms with Gasteiger partial charge in [-0.2, -0.15) is 0 Å². The number of nitrogens with zero attached hydrogens (tertiary/aromatic N) is 3. The highest BCUT2D eigenvalue weighted by Gasteiger charge is 2.32. The van der Waals surface area contributed by atoms with Crippen molar-refractivity contribution in [2.45, 2.75) is 38.8 Å². The number of nitrogens with one attached hydrogen (secondary N) is 1. The molecule has 0 bridgehead atoms. The normalized spacial score (nSPS) is 16.8. The van der Waals surface area contributed by atoms with Gasteiger partial charge in [0.05, 0.1) is 30.2 Å². The van der Waals surface area contributed by atoms with Crippen LogP contribution in [-0.4, -0.2) is 38.4 Å². The van der Waals surface area contributed by atoms with E-state index in [-0.39, 0.29) is 17.9 Å². The second-order valence-electron chi connectivity index (χ2n) is 7.34. The van der Waals surface area contributed by atoms with Crippen LogP contribution in [0.5, 0.6) is 5.75 Å². The fourth-order valence-corrected chi connectivity index (χ4v) is 3.52. The van der Waals surface area contributed by atoms with E-state index in [0.29, 0.717) is 19.5 Å². The zero-order valence-corrected chi connectivity index (χ0v) is 16.1. The standard InChI is InChI=1S/C22H24N4O2/c1-15(2)28-20-9-4-3-8-18(20)19-12-24-22(25-19)16-11-21(27)26(13-16)14-17-7-5-6-10-23-17/h3-10,12,15-16H,11,13-14H2,1-2H3,(H,24,25). The number of pyridine rings is 1. The van der Waals surface area contributed by atoms with Crippen molar-refractivity contribution >= 4 is 5.91 Å². The Hall–Kier alpha value is -3.15. The minimum absolute atomic E-state index is 0.0585. The summed E-state index contributed by atoms with van der Waals surface area (Å²) in [6, 6.07) is 13.7. The first-order valence-electron chi connectivity index (χ1n) is 9.59. The van der Waals surface area contributed by atoms with Crippen molar-refractivity contribution < 1.29 is 9.53 Å². The number of likely N-dealkylation sites (tertiary alicyclic amines) is 1. The average Bonchev–Trinajstić information content (AvgIpc) is 3.30. The van der Waals surface area contributed by atoms with Crippen LogP contribution in [0.2, 0.25) is 0 Å². The van der Waals surface area contributed by atoms with Gasteiger partial charge in [-0.05, 0) is 38.1 Å². The molecule has 1 atom stereocenters. The van der Waals surface area contributed by atoms with E-state index in [1.807, 2.05) is 67.4 Å². The topological polar surface area (TPSA) is 71.1 Å². The Bertz CT molecular complexity index is 952. The highest BCUT2D eigenvalue weighted by Crippen LogP contribution is 2.32. The third-order valence-electron chi connectivity index (χ3n) is 4.82. The number of imidazole rings is 1. The molecule has 6 nitrogen and oxygen atoms in total. The summed E-state index contributed by atoms with van der Waals surface area (Å²) in [5.74, 6) is 1.86. The molecule has 0 saturated carbocycles. The first-order valence-corrected chi connectivity index (χ1v) is 9.59. The van der Waals surface area contributed by atoms with Gasteiger partial charge >= 0.3 is 0 Å². The molecule has 1 aliphatic rings. The molecule has 1 N–H and O–H groups in total. The SMILES string of the molecule is CC(C)Oc1ccccc1-c1cnc(C2CC(=O)N(Cc3ccccn3)C2)[nH]1. The van der Waals surface area contributed by atoms with Crippen molar-refractivity contribution in [1.82, 2.24) is 19.9 Å². The number of hydrogen-bond acceptors (Lipinski definition) is 4. The number of carbonyl (C=O) groups is 1. The highest BCUT2D eigenvalue weighted by molar-refractivity contribution is 5.79. The van der Waals surface area contributed by atoms with Gasteiger partial charge in [0.2, 0.25) is 5.91 Å². The molecule has 1 unspecified atom stereocenters. The smallest absolute Gasteiger partial charge is 0.223 e. The first-order chi connectivity index (χ1) is 13.6. The molecule has 1 aromatic carbocycles. The molecule has 6 heteroatoms. The largest absolute Gasteiger partial charge is 0.490 e. The summed E-state index contributed by atoms with van der Waals surface area (Å²) in [5.41, 5.74) is 2.78. The molecule has 3 aromatic rings. The summed E-state index contributed by atoms with van der Waals surface area (Å²) in [4.78, 5) is 26.6. The molecule has 3 heterocycles. The lowest BCUT2D eigenvalue weighted by molar-refractivity contribution is -0.128. The zero-order chi connectivity index (χ0) is 19.5. The molecule has 2 aromatic heterocycles. The van der Waals surface area contributed by atoms with Gasteiger partial charge in [-0.15, -0.1) is 0 Å². The van der Waals surface area contributed by atoms with Gasteiger partial charge in [0, 0.05) is 30.6 Å². The Labute approximate surface area is 164 Å². The summed E-state index contributed by atoms with van der Waals surface area (Å²) in [6.07, 6.45) is 4.13. The Morgan fingerprint density at radius 2 is 2.00 bits per heavy atom. The van der Waals surface area contributed by atoms with E-state index in [1.165, 1.54) is 0 Å². The van der Waals surface area contributed by atoms with E-state index in [2.05, 4.69) is 15.0 Å². The van der Waals surface area contributed by atoms with E-state index >= 15 is 0 Å². The molecule has 1 aliphatic heterocycles. The molecule has 0 radical (unpaired) electrons. The molecule has 1 saturated heterocycles. The van der Waals surface area contributed by atoms with Crippen LogP contribution < -0.4 is 4.74 Å². The fourth-order valence-electron chi connectivity index (χ4n) is 3.52. The number of hydrogen-bond donors (Lipinski definition) is 1. The number of aromatic nitrogens is 3. The van der Waals surface area contributed by atoms with Crippen molar-refractivity contribution in [2.75, 3.05) is 6.54 Å². The maximum absolute atomic E-state index is 12.5. The predicted octanol–water partition coefficient (Wildman–Crippen LogP) is 3.78. The lowest BCUT2D eigenvalue weighted by Gasteiger charge is -2.15. The summed E-state index contributed by atoms with van der Waals surface area (Å²) in [7, 11) is 0. The van der Waals surface area contributed by atoms with Crippen LogP contribution in [0.15, 0.2) is 54.9 Å². The Balaban J connectivity index is 1.50. The van der Waals surface area contributed by atoms with Gasteiger partial charge in [-0.25, -0.2) is 4.98 Å². The summed E-state index contributed by atoms with van der Waals surface area (Å²) in [5, 5.41) is 0. The van der Waals surface area contributed by atoms with Gasteiger partial charge in [0.1, 0.15) is 11.6 Å². The van der Waals surface area contributed by atoms with Crippen molar-refractivity contribution in [3.05, 3.63) is 66.4 Å². The molecule has 28 heavy (non-hydrogen) atoms. The Kier molecular flexibility index (Phi) is 5.10. The number of aromatic amines is 1. The van der Waals surface area contributed by atoms with Crippen LogP contribution in [-0.2, 0) is 11.3 Å². The quantitative estimate of drug-likeness (QED) is 0.711. The summed E-state index contributed by atoms with van der Waals surface area (Å²) >= 11 is 0. The van der Waals surface area contributed by atoms with Crippen LogP contribution in [0.3, 0.4) is 0 Å². The van der Waals surface area contributed by atoms with Crippen molar-refractivity contribution in [3.63, 3.8) is 0 Å². The predicted molar refractivity (Wildman–Crippen MR) is 107 cm³/mol. The minimum Gasteiger partial charge on any atom is -0.490 e. The maximum atomic E-state index is 12.5. The molecule has 0 aliphatic carbocycles. The number of H-pyrrole nitrogens is 1. The van der Waals surface area contributed by atoms with Crippen LogP contribution in [0, 0.1) is 0 Å². The van der Waals surface area contributed by atoms with E-state index in [4.69, 9.17) is 4.74 Å². The average molecular weight is 376 g/mol. The van der Waals surface area contributed by atoms with Crippen molar-refractivity contribution in [2.24, 2.45) is 0 Å². The Morgan fingerprint density at radius 3 is 2.79 bits per heavy atom. The van der Waals surface area contributed by atoms with Gasteiger partial charge in [-0.3, -0.25) is 9.78 Å². The van der Waals surface area contributed by atoms with Crippen LogP contribution >= 0.6 is 0 Å². The van der Waals surface area contributed by atoms with Gasteiger partial charge in [0.25, 0.3) is 0 Å². The van der Waals surface area contributed by atoms with Crippen molar-refractivity contribution in [1.29, 1.82) is 0 Å².